The molecule has 3 rings (SSSR count). The first-order valence-corrected chi connectivity index (χ1v) is 9.25. The molecule has 2 aromatic rings. The van der Waals surface area contributed by atoms with E-state index in [-0.39, 0.29) is 23.7 Å². The standard InChI is InChI=1S/C18H22FN3O2S/c1-12(2)20-17(23)11-21-6-8-22(9-7-21)18(24)16-10-13-14(19)4-3-5-15(13)25-16/h3-5,10,12H,6-9,11H2,1-2H3,(H,20,23). The molecular weight excluding hydrogens is 341 g/mol. The molecule has 0 saturated carbocycles. The third-order valence-electron chi connectivity index (χ3n) is 4.20. The van der Waals surface area contributed by atoms with Crippen LogP contribution in [0.1, 0.15) is 23.5 Å². The zero-order valence-electron chi connectivity index (χ0n) is 14.4. The van der Waals surface area contributed by atoms with Crippen molar-refractivity contribution in [1.82, 2.24) is 15.1 Å². The molecule has 25 heavy (non-hydrogen) atoms. The zero-order valence-corrected chi connectivity index (χ0v) is 15.2. The van der Waals surface area contributed by atoms with Crippen LogP contribution in [0.2, 0.25) is 0 Å². The van der Waals surface area contributed by atoms with Gasteiger partial charge in [0, 0.05) is 42.3 Å². The molecule has 2 heterocycles. The van der Waals surface area contributed by atoms with E-state index in [1.165, 1.54) is 17.4 Å². The number of hydrogen-bond donors (Lipinski definition) is 1. The third kappa shape index (κ3) is 4.16. The van der Waals surface area contributed by atoms with Crippen LogP contribution in [0, 0.1) is 5.82 Å². The number of carbonyl (C=O) groups excluding carboxylic acids is 2. The predicted octanol–water partition coefficient (Wildman–Crippen LogP) is 2.32. The van der Waals surface area contributed by atoms with Crippen LogP contribution < -0.4 is 5.32 Å². The van der Waals surface area contributed by atoms with Gasteiger partial charge in [-0.25, -0.2) is 4.39 Å². The monoisotopic (exact) mass is 363 g/mol. The van der Waals surface area contributed by atoms with E-state index < -0.39 is 0 Å². The van der Waals surface area contributed by atoms with Crippen LogP contribution >= 0.6 is 11.3 Å². The zero-order chi connectivity index (χ0) is 18.0. The molecule has 7 heteroatoms. The first kappa shape index (κ1) is 17.8. The maximum atomic E-state index is 13.8. The summed E-state index contributed by atoms with van der Waals surface area (Å²) in [6.07, 6.45) is 0. The molecule has 134 valence electrons. The van der Waals surface area contributed by atoms with Crippen molar-refractivity contribution in [1.29, 1.82) is 0 Å². The first-order chi connectivity index (χ1) is 11.9. The van der Waals surface area contributed by atoms with Crippen molar-refractivity contribution in [2.45, 2.75) is 19.9 Å². The summed E-state index contributed by atoms with van der Waals surface area (Å²) in [6.45, 7) is 6.70. The lowest BCUT2D eigenvalue weighted by molar-refractivity contribution is -0.123. The van der Waals surface area contributed by atoms with Crippen LogP contribution in [0.15, 0.2) is 24.3 Å². The quantitative estimate of drug-likeness (QED) is 0.907. The van der Waals surface area contributed by atoms with Crippen molar-refractivity contribution < 1.29 is 14.0 Å². The molecule has 1 saturated heterocycles. The highest BCUT2D eigenvalue weighted by molar-refractivity contribution is 7.20. The summed E-state index contributed by atoms with van der Waals surface area (Å²) >= 11 is 1.32. The number of halogens is 1. The van der Waals surface area contributed by atoms with Gasteiger partial charge in [0.25, 0.3) is 5.91 Å². The second-order valence-electron chi connectivity index (χ2n) is 6.55. The van der Waals surface area contributed by atoms with Crippen LogP contribution in [0.3, 0.4) is 0 Å². The number of hydrogen-bond acceptors (Lipinski definition) is 4. The minimum absolute atomic E-state index is 0.00904. The summed E-state index contributed by atoms with van der Waals surface area (Å²) < 4.78 is 14.6. The Labute approximate surface area is 150 Å². The van der Waals surface area contributed by atoms with Gasteiger partial charge in [-0.15, -0.1) is 11.3 Å². The Balaban J connectivity index is 1.59. The number of amides is 2. The Kier molecular flexibility index (Phi) is 5.34. The van der Waals surface area contributed by atoms with Crippen molar-refractivity contribution in [3.63, 3.8) is 0 Å². The van der Waals surface area contributed by atoms with Crippen molar-refractivity contribution in [2.75, 3.05) is 32.7 Å². The van der Waals surface area contributed by atoms with E-state index >= 15 is 0 Å². The second kappa shape index (κ2) is 7.49. The van der Waals surface area contributed by atoms with Gasteiger partial charge < -0.3 is 10.2 Å². The van der Waals surface area contributed by atoms with Crippen molar-refractivity contribution in [3.8, 4) is 0 Å². The summed E-state index contributed by atoms with van der Waals surface area (Å²) in [5.74, 6) is -0.351. The third-order valence-corrected chi connectivity index (χ3v) is 5.28. The molecule has 1 aromatic heterocycles. The van der Waals surface area contributed by atoms with Gasteiger partial charge >= 0.3 is 0 Å². The normalized spacial score (nSPS) is 15.8. The van der Waals surface area contributed by atoms with Crippen LogP contribution in [0.25, 0.3) is 10.1 Å². The molecule has 1 aliphatic heterocycles. The number of rotatable bonds is 4. The molecule has 1 aliphatic rings. The average Bonchev–Trinajstić information content (AvgIpc) is 3.00. The summed E-state index contributed by atoms with van der Waals surface area (Å²) in [4.78, 5) is 28.9. The lowest BCUT2D eigenvalue weighted by Gasteiger charge is -2.34. The molecular formula is C18H22FN3O2S. The fourth-order valence-corrected chi connectivity index (χ4v) is 4.01. The summed E-state index contributed by atoms with van der Waals surface area (Å²) in [7, 11) is 0. The van der Waals surface area contributed by atoms with Gasteiger partial charge in [0.2, 0.25) is 5.91 Å². The summed E-state index contributed by atoms with van der Waals surface area (Å²) in [5, 5.41) is 3.37. The van der Waals surface area contributed by atoms with Gasteiger partial charge in [0.15, 0.2) is 0 Å². The van der Waals surface area contributed by atoms with Crippen LogP contribution in [0.4, 0.5) is 4.39 Å². The number of piperazine rings is 1. The van der Waals surface area contributed by atoms with Crippen molar-refractivity contribution in [2.24, 2.45) is 0 Å². The molecule has 5 nitrogen and oxygen atoms in total. The SMILES string of the molecule is CC(C)NC(=O)CN1CCN(C(=O)c2cc3c(F)cccc3s2)CC1. The van der Waals surface area contributed by atoms with Crippen molar-refractivity contribution >= 4 is 33.2 Å². The lowest BCUT2D eigenvalue weighted by atomic mass is 10.2. The van der Waals surface area contributed by atoms with E-state index in [1.54, 1.807) is 17.0 Å². The Bertz CT molecular complexity index is 782. The number of benzene rings is 1. The van der Waals surface area contributed by atoms with Crippen LogP contribution in [-0.2, 0) is 4.79 Å². The van der Waals surface area contributed by atoms with Gasteiger partial charge in [-0.2, -0.15) is 0 Å². The molecule has 1 fully saturated rings. The number of fused-ring (bicyclic) bond motifs is 1. The number of thiophene rings is 1. The average molecular weight is 363 g/mol. The highest BCUT2D eigenvalue weighted by Gasteiger charge is 2.24. The van der Waals surface area contributed by atoms with Crippen LogP contribution in [-0.4, -0.2) is 60.4 Å². The van der Waals surface area contributed by atoms with E-state index in [4.69, 9.17) is 0 Å². The number of carbonyl (C=O) groups is 2. The Morgan fingerprint density at radius 2 is 1.96 bits per heavy atom. The van der Waals surface area contributed by atoms with Gasteiger partial charge in [-0.3, -0.25) is 14.5 Å². The van der Waals surface area contributed by atoms with E-state index in [1.807, 2.05) is 24.8 Å². The highest BCUT2D eigenvalue weighted by atomic mass is 32.1. The van der Waals surface area contributed by atoms with Crippen molar-refractivity contribution in [3.05, 3.63) is 35.0 Å². The second-order valence-corrected chi connectivity index (χ2v) is 7.64. The van der Waals surface area contributed by atoms with Gasteiger partial charge in [-0.1, -0.05) is 6.07 Å². The predicted molar refractivity (Wildman–Crippen MR) is 97.4 cm³/mol. The summed E-state index contributed by atoms with van der Waals surface area (Å²) in [5.41, 5.74) is 0. The minimum Gasteiger partial charge on any atom is -0.353 e. The van der Waals surface area contributed by atoms with E-state index in [2.05, 4.69) is 5.32 Å². The lowest BCUT2D eigenvalue weighted by Crippen LogP contribution is -2.51. The fourth-order valence-electron chi connectivity index (χ4n) is 2.97. The highest BCUT2D eigenvalue weighted by Crippen LogP contribution is 2.28. The molecule has 1 aromatic carbocycles. The molecule has 0 bridgehead atoms. The minimum atomic E-state index is -0.297. The van der Waals surface area contributed by atoms with Gasteiger partial charge in [0.05, 0.1) is 11.4 Å². The Morgan fingerprint density at radius 3 is 2.60 bits per heavy atom. The Morgan fingerprint density at radius 1 is 1.24 bits per heavy atom. The summed E-state index contributed by atoms with van der Waals surface area (Å²) in [6, 6.07) is 6.66. The number of nitrogens with zero attached hydrogens (tertiary/aromatic N) is 2. The maximum absolute atomic E-state index is 13.8. The molecule has 0 radical (unpaired) electrons. The van der Waals surface area contributed by atoms with Crippen LogP contribution in [0.5, 0.6) is 0 Å². The van der Waals surface area contributed by atoms with E-state index in [9.17, 15) is 14.0 Å². The molecule has 0 atom stereocenters. The molecule has 2 amide bonds. The topological polar surface area (TPSA) is 52.7 Å². The molecule has 1 N–H and O–H groups in total. The maximum Gasteiger partial charge on any atom is 0.264 e. The van der Waals surface area contributed by atoms with Gasteiger partial charge in [-0.05, 0) is 32.0 Å². The van der Waals surface area contributed by atoms with E-state index in [0.717, 1.165) is 4.70 Å². The van der Waals surface area contributed by atoms with Gasteiger partial charge in [0.1, 0.15) is 5.82 Å². The fraction of sp³-hybridized carbons (Fsp3) is 0.444. The largest absolute Gasteiger partial charge is 0.353 e. The molecule has 0 unspecified atom stereocenters. The first-order valence-electron chi connectivity index (χ1n) is 8.43. The smallest absolute Gasteiger partial charge is 0.264 e. The molecule has 0 spiro atoms. The van der Waals surface area contributed by atoms with E-state index in [0.29, 0.717) is 43.0 Å². The molecule has 0 aliphatic carbocycles. The Hall–Kier alpha value is -1.99. The number of nitrogens with one attached hydrogen (secondary N) is 1.